The SMILES string of the molecule is C=C1C(=O)N(c2c(C(C)C)cccc2C(C)C)[C@@H](O)N1c1c(C(C)C)cccc1C(C)C. The monoisotopic (exact) mass is 434 g/mol. The van der Waals surface area contributed by atoms with E-state index in [1.807, 2.05) is 6.07 Å². The predicted octanol–water partition coefficient (Wildman–Crippen LogP) is 6.82. The Morgan fingerprint density at radius 2 is 1.00 bits per heavy atom. The number of hydrogen-bond acceptors (Lipinski definition) is 3. The summed E-state index contributed by atoms with van der Waals surface area (Å²) in [5.74, 6) is 0.644. The molecule has 1 aliphatic rings. The first-order valence-electron chi connectivity index (χ1n) is 11.7. The van der Waals surface area contributed by atoms with Crippen LogP contribution in [0.15, 0.2) is 48.7 Å². The molecule has 2 aromatic carbocycles. The van der Waals surface area contributed by atoms with E-state index >= 15 is 0 Å². The molecule has 3 rings (SSSR count). The van der Waals surface area contributed by atoms with Crippen LogP contribution in [0.3, 0.4) is 0 Å². The molecule has 4 nitrogen and oxygen atoms in total. The van der Waals surface area contributed by atoms with Gasteiger partial charge in [-0.2, -0.15) is 0 Å². The quantitative estimate of drug-likeness (QED) is 0.507. The van der Waals surface area contributed by atoms with E-state index in [4.69, 9.17) is 0 Å². The summed E-state index contributed by atoms with van der Waals surface area (Å²) >= 11 is 0. The Bertz CT molecular complexity index is 886. The highest BCUT2D eigenvalue weighted by molar-refractivity contribution is 6.12. The molecule has 1 N–H and O–H groups in total. The van der Waals surface area contributed by atoms with Crippen LogP contribution in [-0.2, 0) is 4.79 Å². The standard InChI is InChI=1S/C28H38N2O2/c1-16(2)21-12-10-13-22(17(3)4)25(21)29-20(9)27(31)30(28(29)32)26-23(18(5)6)14-11-15-24(26)19(7)8/h10-19,28,32H,9H2,1-8H3/t28-/m0/s1. The lowest BCUT2D eigenvalue weighted by Crippen LogP contribution is -2.41. The number of hydrogen-bond donors (Lipinski definition) is 1. The van der Waals surface area contributed by atoms with Crippen molar-refractivity contribution in [2.24, 2.45) is 0 Å². The summed E-state index contributed by atoms with van der Waals surface area (Å²) in [6, 6.07) is 12.4. The maximum Gasteiger partial charge on any atom is 0.278 e. The lowest BCUT2D eigenvalue weighted by atomic mass is 9.91. The van der Waals surface area contributed by atoms with E-state index in [-0.39, 0.29) is 29.6 Å². The summed E-state index contributed by atoms with van der Waals surface area (Å²) in [4.78, 5) is 16.9. The third-order valence-corrected chi connectivity index (χ3v) is 6.39. The highest BCUT2D eigenvalue weighted by Crippen LogP contribution is 2.44. The number of aliphatic hydroxyl groups excluding tert-OH is 1. The first-order chi connectivity index (χ1) is 15.0. The molecule has 1 aliphatic heterocycles. The van der Waals surface area contributed by atoms with Crippen molar-refractivity contribution in [1.82, 2.24) is 0 Å². The van der Waals surface area contributed by atoms with Gasteiger partial charge in [-0.1, -0.05) is 98.4 Å². The van der Waals surface area contributed by atoms with Gasteiger partial charge >= 0.3 is 0 Å². The Morgan fingerprint density at radius 1 is 0.688 bits per heavy atom. The Balaban J connectivity index is 2.26. The third-order valence-electron chi connectivity index (χ3n) is 6.39. The molecule has 32 heavy (non-hydrogen) atoms. The number of para-hydroxylation sites is 2. The van der Waals surface area contributed by atoms with Gasteiger partial charge in [-0.3, -0.25) is 14.6 Å². The fourth-order valence-electron chi connectivity index (χ4n) is 4.65. The number of amides is 1. The van der Waals surface area contributed by atoms with Crippen LogP contribution in [0.1, 0.15) is 101 Å². The molecule has 0 aliphatic carbocycles. The number of aliphatic hydroxyl groups is 1. The average Bonchev–Trinajstić information content (AvgIpc) is 2.94. The summed E-state index contributed by atoms with van der Waals surface area (Å²) in [5.41, 5.74) is 6.34. The molecule has 1 atom stereocenters. The van der Waals surface area contributed by atoms with E-state index in [0.717, 1.165) is 33.6 Å². The zero-order valence-electron chi connectivity index (χ0n) is 20.8. The number of anilines is 2. The lowest BCUT2D eigenvalue weighted by molar-refractivity contribution is -0.114. The molecule has 0 aromatic heterocycles. The van der Waals surface area contributed by atoms with Crippen molar-refractivity contribution in [1.29, 1.82) is 0 Å². The van der Waals surface area contributed by atoms with Gasteiger partial charge in [0.05, 0.1) is 11.4 Å². The van der Waals surface area contributed by atoms with E-state index in [2.05, 4.69) is 92.3 Å². The predicted molar refractivity (Wildman–Crippen MR) is 134 cm³/mol. The van der Waals surface area contributed by atoms with Gasteiger partial charge in [0.15, 0.2) is 0 Å². The van der Waals surface area contributed by atoms with Crippen LogP contribution in [0.4, 0.5) is 11.4 Å². The van der Waals surface area contributed by atoms with Crippen LogP contribution in [0, 0.1) is 0 Å². The highest BCUT2D eigenvalue weighted by atomic mass is 16.3. The molecule has 1 amide bonds. The largest absolute Gasteiger partial charge is 0.356 e. The van der Waals surface area contributed by atoms with E-state index in [1.54, 1.807) is 9.80 Å². The van der Waals surface area contributed by atoms with Crippen LogP contribution >= 0.6 is 0 Å². The number of rotatable bonds is 6. The van der Waals surface area contributed by atoms with Crippen LogP contribution in [0.25, 0.3) is 0 Å². The average molecular weight is 435 g/mol. The molecule has 4 heteroatoms. The van der Waals surface area contributed by atoms with Gasteiger partial charge in [0.2, 0.25) is 6.35 Å². The van der Waals surface area contributed by atoms with Crippen molar-refractivity contribution >= 4 is 17.3 Å². The van der Waals surface area contributed by atoms with Crippen LogP contribution < -0.4 is 9.80 Å². The van der Waals surface area contributed by atoms with E-state index < -0.39 is 6.35 Å². The van der Waals surface area contributed by atoms with Crippen molar-refractivity contribution in [3.8, 4) is 0 Å². The van der Waals surface area contributed by atoms with E-state index in [0.29, 0.717) is 5.70 Å². The van der Waals surface area contributed by atoms with Gasteiger partial charge in [-0.05, 0) is 45.9 Å². The molecule has 172 valence electrons. The van der Waals surface area contributed by atoms with Gasteiger partial charge in [-0.25, -0.2) is 0 Å². The molecular weight excluding hydrogens is 396 g/mol. The van der Waals surface area contributed by atoms with Gasteiger partial charge in [0.25, 0.3) is 5.91 Å². The molecular formula is C28H38N2O2. The Kier molecular flexibility index (Phi) is 6.85. The Morgan fingerprint density at radius 3 is 1.31 bits per heavy atom. The molecule has 0 spiro atoms. The van der Waals surface area contributed by atoms with Crippen molar-refractivity contribution in [2.45, 2.75) is 85.4 Å². The second kappa shape index (κ2) is 9.11. The molecule has 2 aromatic rings. The molecule has 0 unspecified atom stereocenters. The minimum Gasteiger partial charge on any atom is -0.356 e. The Labute approximate surface area is 193 Å². The number of carbonyl (C=O) groups is 1. The fraction of sp³-hybridized carbons (Fsp3) is 0.464. The first-order valence-corrected chi connectivity index (χ1v) is 11.7. The maximum absolute atomic E-state index is 13.6. The second-order valence-electron chi connectivity index (χ2n) is 10.0. The summed E-state index contributed by atoms with van der Waals surface area (Å²) in [5, 5.41) is 11.7. The van der Waals surface area contributed by atoms with Gasteiger partial charge in [0, 0.05) is 0 Å². The lowest BCUT2D eigenvalue weighted by Gasteiger charge is -2.33. The second-order valence-corrected chi connectivity index (χ2v) is 10.0. The normalized spacial score (nSPS) is 17.1. The summed E-state index contributed by atoms with van der Waals surface area (Å²) in [6.07, 6.45) is -1.15. The molecule has 1 fully saturated rings. The maximum atomic E-state index is 13.6. The third kappa shape index (κ3) is 3.97. The van der Waals surface area contributed by atoms with Crippen LogP contribution in [0.2, 0.25) is 0 Å². The fourth-order valence-corrected chi connectivity index (χ4v) is 4.65. The zero-order chi connectivity index (χ0) is 23.9. The van der Waals surface area contributed by atoms with E-state index in [9.17, 15) is 9.90 Å². The van der Waals surface area contributed by atoms with Crippen molar-refractivity contribution in [3.63, 3.8) is 0 Å². The molecule has 0 saturated carbocycles. The summed E-state index contributed by atoms with van der Waals surface area (Å²) in [6.45, 7) is 21.2. The van der Waals surface area contributed by atoms with Crippen LogP contribution in [0.5, 0.6) is 0 Å². The minimum atomic E-state index is -1.15. The Hall–Kier alpha value is -2.59. The summed E-state index contributed by atoms with van der Waals surface area (Å²) in [7, 11) is 0. The molecule has 1 heterocycles. The van der Waals surface area contributed by atoms with Crippen LogP contribution in [-0.4, -0.2) is 17.4 Å². The minimum absolute atomic E-state index is 0.209. The molecule has 0 radical (unpaired) electrons. The van der Waals surface area contributed by atoms with Crippen molar-refractivity contribution in [2.75, 3.05) is 9.80 Å². The zero-order valence-corrected chi connectivity index (χ0v) is 20.8. The molecule has 0 bridgehead atoms. The van der Waals surface area contributed by atoms with Gasteiger partial charge in [-0.15, -0.1) is 0 Å². The number of carbonyl (C=O) groups excluding carboxylic acids is 1. The smallest absolute Gasteiger partial charge is 0.278 e. The number of nitrogens with zero attached hydrogens (tertiary/aromatic N) is 2. The van der Waals surface area contributed by atoms with Crippen molar-refractivity contribution < 1.29 is 9.90 Å². The molecule has 1 saturated heterocycles. The van der Waals surface area contributed by atoms with Crippen molar-refractivity contribution in [3.05, 3.63) is 70.9 Å². The number of benzene rings is 2. The topological polar surface area (TPSA) is 43.8 Å². The highest BCUT2D eigenvalue weighted by Gasteiger charge is 2.45. The van der Waals surface area contributed by atoms with Gasteiger partial charge in [0.1, 0.15) is 5.70 Å². The van der Waals surface area contributed by atoms with E-state index in [1.165, 1.54) is 0 Å². The summed E-state index contributed by atoms with van der Waals surface area (Å²) < 4.78 is 0. The first kappa shape index (κ1) is 24.1. The van der Waals surface area contributed by atoms with Gasteiger partial charge < -0.3 is 5.11 Å².